The van der Waals surface area contributed by atoms with Gasteiger partial charge in [0.2, 0.25) is 0 Å². The average molecular weight is 446 g/mol. The number of carbonyl (C=O) groups is 1. The Balaban J connectivity index is 1.40. The summed E-state index contributed by atoms with van der Waals surface area (Å²) in [7, 11) is 1.68. The first-order chi connectivity index (χ1) is 16.1. The van der Waals surface area contributed by atoms with Crippen molar-refractivity contribution in [2.45, 2.75) is 24.9 Å². The summed E-state index contributed by atoms with van der Waals surface area (Å²) < 4.78 is 19.0. The molecular weight excluding hydrogens is 417 g/mol. The number of ether oxygens (including phenoxy) is 1. The number of aromatic nitrogens is 1. The number of fused-ring (bicyclic) bond motifs is 1. The highest BCUT2D eigenvalue weighted by Gasteiger charge is 2.47. The van der Waals surface area contributed by atoms with Crippen molar-refractivity contribution >= 4 is 5.91 Å². The standard InChI is InChI=1S/C27H28FN3O2/c1-33-23-6-2-4-19(14-23)16-30-13-11-26-25(17-30)24(20-7-9-22(28)10-8-20)18-31(26)27(32)21-5-3-12-29-15-21/h2-10,12,14-15,24-26H,11,13,16-18H2,1H3/t24-,25-,26-/m0/s1. The molecule has 2 aliphatic rings. The van der Waals surface area contributed by atoms with Crippen LogP contribution in [0.5, 0.6) is 5.75 Å². The predicted octanol–water partition coefficient (Wildman–Crippen LogP) is 4.36. The average Bonchev–Trinajstić information content (AvgIpc) is 3.23. The topological polar surface area (TPSA) is 45.7 Å². The van der Waals surface area contributed by atoms with E-state index in [-0.39, 0.29) is 29.6 Å². The SMILES string of the molecule is COc1cccc(CN2CC[C@H]3[C@@H](C2)[C@H](c2ccc(F)cc2)CN3C(=O)c2cccnc2)c1. The third-order valence-electron chi connectivity index (χ3n) is 7.02. The number of methoxy groups -OCH3 is 1. The molecule has 5 rings (SSSR count). The summed E-state index contributed by atoms with van der Waals surface area (Å²) in [4.78, 5) is 22.0. The van der Waals surface area contributed by atoms with Gasteiger partial charge in [0.15, 0.2) is 0 Å². The number of piperidine rings is 1. The van der Waals surface area contributed by atoms with E-state index in [0.717, 1.165) is 37.4 Å². The molecule has 5 nitrogen and oxygen atoms in total. The van der Waals surface area contributed by atoms with E-state index in [1.807, 2.05) is 35.2 Å². The van der Waals surface area contributed by atoms with Crippen molar-refractivity contribution in [1.29, 1.82) is 0 Å². The van der Waals surface area contributed by atoms with Crippen LogP contribution in [0.3, 0.4) is 0 Å². The van der Waals surface area contributed by atoms with Crippen molar-refractivity contribution < 1.29 is 13.9 Å². The molecule has 1 aromatic heterocycles. The smallest absolute Gasteiger partial charge is 0.255 e. The number of amides is 1. The summed E-state index contributed by atoms with van der Waals surface area (Å²) in [5.74, 6) is 1.12. The highest BCUT2D eigenvalue weighted by molar-refractivity contribution is 5.94. The van der Waals surface area contributed by atoms with Crippen LogP contribution in [0.2, 0.25) is 0 Å². The van der Waals surface area contributed by atoms with E-state index < -0.39 is 0 Å². The van der Waals surface area contributed by atoms with Gasteiger partial charge < -0.3 is 9.64 Å². The van der Waals surface area contributed by atoms with Crippen LogP contribution in [0, 0.1) is 11.7 Å². The van der Waals surface area contributed by atoms with E-state index in [9.17, 15) is 9.18 Å². The molecule has 170 valence electrons. The first-order valence-corrected chi connectivity index (χ1v) is 11.4. The largest absolute Gasteiger partial charge is 0.497 e. The van der Waals surface area contributed by atoms with Crippen LogP contribution in [0.25, 0.3) is 0 Å². The normalized spacial score (nSPS) is 22.7. The fourth-order valence-corrected chi connectivity index (χ4v) is 5.43. The van der Waals surface area contributed by atoms with Crippen LogP contribution in [0.15, 0.2) is 73.1 Å². The lowest BCUT2D eigenvalue weighted by molar-refractivity contribution is 0.0613. The Kier molecular flexibility index (Phi) is 6.09. The lowest BCUT2D eigenvalue weighted by Gasteiger charge is -2.39. The van der Waals surface area contributed by atoms with Crippen molar-refractivity contribution in [3.8, 4) is 5.75 Å². The van der Waals surface area contributed by atoms with Gasteiger partial charge in [-0.25, -0.2) is 4.39 Å². The van der Waals surface area contributed by atoms with Gasteiger partial charge in [0, 0.05) is 56.5 Å². The summed E-state index contributed by atoms with van der Waals surface area (Å²) in [6.07, 6.45) is 4.24. The summed E-state index contributed by atoms with van der Waals surface area (Å²) in [6.45, 7) is 3.29. The van der Waals surface area contributed by atoms with E-state index in [0.29, 0.717) is 12.1 Å². The van der Waals surface area contributed by atoms with E-state index in [1.165, 1.54) is 17.7 Å². The van der Waals surface area contributed by atoms with Gasteiger partial charge >= 0.3 is 0 Å². The second kappa shape index (κ2) is 9.32. The maximum atomic E-state index is 13.6. The Bertz CT molecular complexity index is 1110. The first kappa shape index (κ1) is 21.6. The van der Waals surface area contributed by atoms with E-state index in [4.69, 9.17) is 4.74 Å². The Morgan fingerprint density at radius 3 is 2.73 bits per heavy atom. The Morgan fingerprint density at radius 1 is 1.12 bits per heavy atom. The van der Waals surface area contributed by atoms with Crippen LogP contribution in [-0.4, -0.2) is 53.5 Å². The predicted molar refractivity (Wildman–Crippen MR) is 125 cm³/mol. The molecule has 0 unspecified atom stereocenters. The Hall–Kier alpha value is -3.25. The van der Waals surface area contributed by atoms with Crippen LogP contribution >= 0.6 is 0 Å². The molecule has 0 radical (unpaired) electrons. The van der Waals surface area contributed by atoms with Crippen LogP contribution in [0.4, 0.5) is 4.39 Å². The number of rotatable bonds is 5. The van der Waals surface area contributed by atoms with E-state index in [1.54, 1.807) is 25.6 Å². The van der Waals surface area contributed by atoms with Crippen molar-refractivity contribution in [2.24, 2.45) is 5.92 Å². The zero-order chi connectivity index (χ0) is 22.8. The number of hydrogen-bond acceptors (Lipinski definition) is 4. The molecule has 2 saturated heterocycles. The summed E-state index contributed by atoms with van der Waals surface area (Å²) in [5, 5.41) is 0. The highest BCUT2D eigenvalue weighted by atomic mass is 19.1. The van der Waals surface area contributed by atoms with Gasteiger partial charge in [0.05, 0.1) is 12.7 Å². The van der Waals surface area contributed by atoms with Gasteiger partial charge in [-0.1, -0.05) is 24.3 Å². The van der Waals surface area contributed by atoms with Crippen LogP contribution in [-0.2, 0) is 6.54 Å². The Morgan fingerprint density at radius 2 is 1.97 bits per heavy atom. The Labute approximate surface area is 193 Å². The zero-order valence-corrected chi connectivity index (χ0v) is 18.7. The lowest BCUT2D eigenvalue weighted by Crippen LogP contribution is -2.47. The maximum Gasteiger partial charge on any atom is 0.255 e. The molecule has 6 heteroatoms. The van der Waals surface area contributed by atoms with Gasteiger partial charge in [-0.3, -0.25) is 14.7 Å². The molecule has 1 amide bonds. The minimum absolute atomic E-state index is 0.0314. The minimum Gasteiger partial charge on any atom is -0.497 e. The highest BCUT2D eigenvalue weighted by Crippen LogP contribution is 2.42. The zero-order valence-electron chi connectivity index (χ0n) is 18.7. The number of halogens is 1. The second-order valence-electron chi connectivity index (χ2n) is 8.96. The molecule has 3 aromatic rings. The molecular formula is C27H28FN3O2. The third kappa shape index (κ3) is 4.48. The van der Waals surface area contributed by atoms with Gasteiger partial charge in [-0.15, -0.1) is 0 Å². The molecule has 2 aromatic carbocycles. The molecule has 3 heterocycles. The monoisotopic (exact) mass is 445 g/mol. The van der Waals surface area contributed by atoms with Crippen molar-refractivity contribution in [1.82, 2.24) is 14.8 Å². The first-order valence-electron chi connectivity index (χ1n) is 11.4. The number of nitrogens with zero attached hydrogens (tertiary/aromatic N) is 3. The van der Waals surface area contributed by atoms with E-state index in [2.05, 4.69) is 22.0 Å². The van der Waals surface area contributed by atoms with Crippen LogP contribution < -0.4 is 4.74 Å². The molecule has 3 atom stereocenters. The molecule has 2 fully saturated rings. The van der Waals surface area contributed by atoms with Gasteiger partial charge in [0.25, 0.3) is 5.91 Å². The van der Waals surface area contributed by atoms with Crippen molar-refractivity contribution in [2.75, 3.05) is 26.7 Å². The minimum atomic E-state index is -0.236. The molecule has 0 spiro atoms. The summed E-state index contributed by atoms with van der Waals surface area (Å²) in [6, 6.07) is 18.8. The fraction of sp³-hybridized carbons (Fsp3) is 0.333. The summed E-state index contributed by atoms with van der Waals surface area (Å²) in [5.41, 5.74) is 2.93. The number of benzene rings is 2. The van der Waals surface area contributed by atoms with Gasteiger partial charge in [-0.2, -0.15) is 0 Å². The quantitative estimate of drug-likeness (QED) is 0.586. The second-order valence-corrected chi connectivity index (χ2v) is 8.96. The fourth-order valence-electron chi connectivity index (χ4n) is 5.43. The summed E-state index contributed by atoms with van der Waals surface area (Å²) >= 11 is 0. The molecule has 0 aliphatic carbocycles. The van der Waals surface area contributed by atoms with Crippen molar-refractivity contribution in [3.05, 3.63) is 95.6 Å². The number of likely N-dealkylation sites (tertiary alicyclic amines) is 2. The third-order valence-corrected chi connectivity index (χ3v) is 7.02. The van der Waals surface area contributed by atoms with Gasteiger partial charge in [0.1, 0.15) is 11.6 Å². The number of carbonyl (C=O) groups excluding carboxylic acids is 1. The number of pyridine rings is 1. The van der Waals surface area contributed by atoms with E-state index >= 15 is 0 Å². The van der Waals surface area contributed by atoms with Crippen LogP contribution in [0.1, 0.15) is 33.8 Å². The maximum absolute atomic E-state index is 13.6. The molecule has 33 heavy (non-hydrogen) atoms. The molecule has 2 aliphatic heterocycles. The van der Waals surface area contributed by atoms with Crippen molar-refractivity contribution in [3.63, 3.8) is 0 Å². The molecule has 0 N–H and O–H groups in total. The molecule has 0 bridgehead atoms. The van der Waals surface area contributed by atoms with Gasteiger partial charge in [-0.05, 0) is 53.9 Å². The number of hydrogen-bond donors (Lipinski definition) is 0. The lowest BCUT2D eigenvalue weighted by atomic mass is 9.81. The molecule has 0 saturated carbocycles.